The summed E-state index contributed by atoms with van der Waals surface area (Å²) in [6.07, 6.45) is 5.18. The van der Waals surface area contributed by atoms with Crippen LogP contribution in [-0.2, 0) is 19.5 Å². The van der Waals surface area contributed by atoms with Gasteiger partial charge in [-0.3, -0.25) is 10.6 Å². The summed E-state index contributed by atoms with van der Waals surface area (Å²) in [5.74, 6) is -4.00. The van der Waals surface area contributed by atoms with E-state index in [0.717, 1.165) is 43.2 Å². The maximum absolute atomic E-state index is 10.2. The average molecular weight is 356 g/mol. The van der Waals surface area contributed by atoms with E-state index in [4.69, 9.17) is 0 Å². The molecule has 1 aromatic rings. The molecule has 0 amide bonds. The summed E-state index contributed by atoms with van der Waals surface area (Å²) >= 11 is 0. The Hall–Kier alpha value is -1.22. The molecule has 0 aliphatic carbocycles. The largest absolute Gasteiger partial charge is 0.508 e. The first-order valence-electron chi connectivity index (χ1n) is 8.75. The molecule has 7 nitrogen and oxygen atoms in total. The predicted molar refractivity (Wildman–Crippen MR) is 95.3 cm³/mol. The van der Waals surface area contributed by atoms with E-state index in [1.807, 2.05) is 6.07 Å². The van der Waals surface area contributed by atoms with Gasteiger partial charge in [-0.05, 0) is 30.0 Å². The average Bonchev–Trinajstić information content (AvgIpc) is 2.48. The van der Waals surface area contributed by atoms with E-state index in [-0.39, 0.29) is 18.8 Å². The van der Waals surface area contributed by atoms with Crippen LogP contribution in [0.25, 0.3) is 0 Å². The Bertz CT molecular complexity index is 535. The number of unbranched alkanes of at least 4 members (excludes halogenated alkanes) is 3. The van der Waals surface area contributed by atoms with Crippen LogP contribution in [0.4, 0.5) is 0 Å². The third-order valence-electron chi connectivity index (χ3n) is 3.93. The Balaban J connectivity index is 2.94. The van der Waals surface area contributed by atoms with Crippen LogP contribution in [-0.4, -0.2) is 37.4 Å². The normalized spacial score (nSPS) is 12.6. The van der Waals surface area contributed by atoms with Crippen molar-refractivity contribution in [3.8, 4) is 5.75 Å². The third-order valence-corrected chi connectivity index (χ3v) is 3.93. The molecule has 0 atom stereocenters. The topological polar surface area (TPSA) is 125 Å². The molecular formula is C18H32N2O5. The number of aliphatic hydroxyl groups is 4. The summed E-state index contributed by atoms with van der Waals surface area (Å²) in [5, 5.41) is 52.9. The minimum Gasteiger partial charge on any atom is -0.508 e. The van der Waals surface area contributed by atoms with Crippen LogP contribution in [0.1, 0.15) is 63.1 Å². The Kier molecular flexibility index (Phi) is 8.27. The summed E-state index contributed by atoms with van der Waals surface area (Å²) < 4.78 is 0. The van der Waals surface area contributed by atoms with Crippen molar-refractivity contribution in [3.63, 3.8) is 0 Å². The second-order valence-electron chi connectivity index (χ2n) is 6.81. The number of phenols is 1. The van der Waals surface area contributed by atoms with Gasteiger partial charge >= 0.3 is 0 Å². The van der Waals surface area contributed by atoms with Crippen molar-refractivity contribution in [2.45, 2.75) is 77.8 Å². The molecule has 0 saturated carbocycles. The Morgan fingerprint density at radius 2 is 1.36 bits per heavy atom. The van der Waals surface area contributed by atoms with E-state index in [1.54, 1.807) is 6.07 Å². The fourth-order valence-electron chi connectivity index (χ4n) is 2.53. The standard InChI is InChI=1S/C18H32N2O5/c1-4-5-6-7-8-13-9-15(12-20-18(3,24)25)16(21)10-14(13)11-19-17(2,22)23/h9-10,19-25H,4-8,11-12H2,1-3H3. The second-order valence-corrected chi connectivity index (χ2v) is 6.81. The van der Waals surface area contributed by atoms with E-state index in [1.165, 1.54) is 13.8 Å². The molecule has 7 heteroatoms. The lowest BCUT2D eigenvalue weighted by Gasteiger charge is -2.21. The molecule has 0 heterocycles. The fraction of sp³-hybridized carbons (Fsp3) is 0.667. The number of nitrogens with one attached hydrogen (secondary N) is 2. The zero-order valence-electron chi connectivity index (χ0n) is 15.3. The molecule has 0 unspecified atom stereocenters. The molecule has 0 aliphatic rings. The Labute approximate surface area is 149 Å². The van der Waals surface area contributed by atoms with Gasteiger partial charge in [-0.25, -0.2) is 0 Å². The lowest BCUT2D eigenvalue weighted by Crippen LogP contribution is -2.41. The van der Waals surface area contributed by atoms with Gasteiger partial charge < -0.3 is 25.5 Å². The van der Waals surface area contributed by atoms with Crippen molar-refractivity contribution in [2.75, 3.05) is 0 Å². The number of benzene rings is 1. The van der Waals surface area contributed by atoms with Gasteiger partial charge in [-0.1, -0.05) is 32.3 Å². The molecule has 0 saturated heterocycles. The number of aromatic hydroxyl groups is 1. The van der Waals surface area contributed by atoms with Crippen molar-refractivity contribution in [1.29, 1.82) is 0 Å². The van der Waals surface area contributed by atoms with E-state index < -0.39 is 11.8 Å². The minimum atomic E-state index is -2.02. The summed E-state index contributed by atoms with van der Waals surface area (Å²) in [7, 11) is 0. The van der Waals surface area contributed by atoms with Crippen LogP contribution in [0.15, 0.2) is 12.1 Å². The quantitative estimate of drug-likeness (QED) is 0.233. The van der Waals surface area contributed by atoms with Crippen molar-refractivity contribution in [3.05, 3.63) is 28.8 Å². The maximum Gasteiger partial charge on any atom is 0.219 e. The van der Waals surface area contributed by atoms with Crippen LogP contribution in [0.2, 0.25) is 0 Å². The highest BCUT2D eigenvalue weighted by Gasteiger charge is 2.18. The highest BCUT2D eigenvalue weighted by atomic mass is 16.5. The maximum atomic E-state index is 10.2. The fourth-order valence-corrected chi connectivity index (χ4v) is 2.53. The first-order valence-corrected chi connectivity index (χ1v) is 8.75. The van der Waals surface area contributed by atoms with Gasteiger partial charge in [0.1, 0.15) is 5.75 Å². The van der Waals surface area contributed by atoms with Gasteiger partial charge in [0.25, 0.3) is 0 Å². The zero-order chi connectivity index (χ0) is 19.1. The Morgan fingerprint density at radius 1 is 0.800 bits per heavy atom. The smallest absolute Gasteiger partial charge is 0.219 e. The van der Waals surface area contributed by atoms with Gasteiger partial charge in [0.05, 0.1) is 0 Å². The molecule has 0 bridgehead atoms. The molecule has 0 fully saturated rings. The lowest BCUT2D eigenvalue weighted by molar-refractivity contribution is -0.171. The first kappa shape index (κ1) is 21.8. The summed E-state index contributed by atoms with van der Waals surface area (Å²) in [4.78, 5) is 0. The monoisotopic (exact) mass is 356 g/mol. The molecule has 1 aromatic carbocycles. The van der Waals surface area contributed by atoms with Crippen LogP contribution < -0.4 is 10.6 Å². The van der Waals surface area contributed by atoms with Gasteiger partial charge in [-0.2, -0.15) is 0 Å². The molecular weight excluding hydrogens is 324 g/mol. The van der Waals surface area contributed by atoms with Crippen molar-refractivity contribution >= 4 is 0 Å². The highest BCUT2D eigenvalue weighted by molar-refractivity contribution is 5.42. The summed E-state index contributed by atoms with van der Waals surface area (Å²) in [6, 6.07) is 3.40. The number of phenolic OH excluding ortho intramolecular Hbond substituents is 1. The van der Waals surface area contributed by atoms with Crippen LogP contribution in [0.5, 0.6) is 5.75 Å². The zero-order valence-corrected chi connectivity index (χ0v) is 15.3. The van der Waals surface area contributed by atoms with Gasteiger partial charge in [-0.15, -0.1) is 0 Å². The number of rotatable bonds is 11. The minimum absolute atomic E-state index is 0.0171. The van der Waals surface area contributed by atoms with Crippen LogP contribution in [0.3, 0.4) is 0 Å². The van der Waals surface area contributed by atoms with E-state index in [9.17, 15) is 25.5 Å². The molecule has 0 aliphatic heterocycles. The lowest BCUT2D eigenvalue weighted by atomic mass is 9.97. The van der Waals surface area contributed by atoms with E-state index in [0.29, 0.717) is 5.56 Å². The van der Waals surface area contributed by atoms with E-state index >= 15 is 0 Å². The number of hydrogen-bond acceptors (Lipinski definition) is 7. The summed E-state index contributed by atoms with van der Waals surface area (Å²) in [6.45, 7) is 4.88. The summed E-state index contributed by atoms with van der Waals surface area (Å²) in [5.41, 5.74) is 2.32. The molecule has 0 aromatic heterocycles. The molecule has 1 rings (SSSR count). The van der Waals surface area contributed by atoms with Gasteiger partial charge in [0.15, 0.2) is 0 Å². The van der Waals surface area contributed by atoms with Crippen LogP contribution in [0, 0.1) is 0 Å². The molecule has 0 spiro atoms. The SMILES string of the molecule is CCCCCCc1cc(CNC(C)(O)O)c(O)cc1CNC(C)(O)O. The molecule has 0 radical (unpaired) electrons. The highest BCUT2D eigenvalue weighted by Crippen LogP contribution is 2.25. The molecule has 25 heavy (non-hydrogen) atoms. The Morgan fingerprint density at radius 3 is 1.88 bits per heavy atom. The van der Waals surface area contributed by atoms with Gasteiger partial charge in [0, 0.05) is 32.5 Å². The van der Waals surface area contributed by atoms with Crippen LogP contribution >= 0.6 is 0 Å². The second kappa shape index (κ2) is 9.47. The number of aryl methyl sites for hydroxylation is 1. The van der Waals surface area contributed by atoms with Crippen molar-refractivity contribution in [1.82, 2.24) is 10.6 Å². The molecule has 7 N–H and O–H groups in total. The van der Waals surface area contributed by atoms with Crippen molar-refractivity contribution < 1.29 is 25.5 Å². The van der Waals surface area contributed by atoms with Gasteiger partial charge in [0.2, 0.25) is 11.8 Å². The number of hydrogen-bond donors (Lipinski definition) is 7. The predicted octanol–water partition coefficient (Wildman–Crippen LogP) is 1.01. The third kappa shape index (κ3) is 9.15. The molecule has 144 valence electrons. The van der Waals surface area contributed by atoms with E-state index in [2.05, 4.69) is 17.6 Å². The first-order chi connectivity index (χ1) is 11.5. The van der Waals surface area contributed by atoms with Crippen molar-refractivity contribution in [2.24, 2.45) is 0 Å².